The number of nitrogens with two attached hydrogens (primary N) is 1. The smallest absolute Gasteiger partial charge is 0.270 e. The molecule has 0 aliphatic rings. The van der Waals surface area contributed by atoms with Crippen LogP contribution >= 0.6 is 12.4 Å². The summed E-state index contributed by atoms with van der Waals surface area (Å²) >= 11 is 0. The lowest BCUT2D eigenvalue weighted by Gasteiger charge is -2.05. The fourth-order valence-electron chi connectivity index (χ4n) is 1.58. The molecule has 0 aliphatic heterocycles. The summed E-state index contributed by atoms with van der Waals surface area (Å²) < 4.78 is 0. The van der Waals surface area contributed by atoms with Crippen molar-refractivity contribution in [3.05, 3.63) is 52.6 Å². The van der Waals surface area contributed by atoms with E-state index < -0.39 is 4.92 Å². The van der Waals surface area contributed by atoms with Gasteiger partial charge in [0.05, 0.1) is 4.92 Å². The third kappa shape index (κ3) is 2.70. The van der Waals surface area contributed by atoms with Crippen molar-refractivity contribution in [2.24, 2.45) is 0 Å². The first-order chi connectivity index (χ1) is 8.08. The highest BCUT2D eigenvalue weighted by molar-refractivity contribution is 5.85. The van der Waals surface area contributed by atoms with Gasteiger partial charge in [0.25, 0.3) is 5.69 Å². The van der Waals surface area contributed by atoms with Gasteiger partial charge < -0.3 is 10.8 Å². The van der Waals surface area contributed by atoms with E-state index in [1.165, 1.54) is 18.2 Å². The molecule has 94 valence electrons. The average Bonchev–Trinajstić information content (AvgIpc) is 2.29. The quantitative estimate of drug-likeness (QED) is 0.497. The number of nitrogen functional groups attached to an aromatic ring is 1. The summed E-state index contributed by atoms with van der Waals surface area (Å²) in [6, 6.07) is 10.7. The Balaban J connectivity index is 0.00000162. The highest BCUT2D eigenvalue weighted by Gasteiger charge is 2.09. The number of anilines is 1. The Kier molecular flexibility index (Phi) is 4.12. The molecule has 5 nitrogen and oxygen atoms in total. The summed E-state index contributed by atoms with van der Waals surface area (Å²) in [6.07, 6.45) is 0. The van der Waals surface area contributed by atoms with Gasteiger partial charge in [0.1, 0.15) is 5.75 Å². The summed E-state index contributed by atoms with van der Waals surface area (Å²) in [6.45, 7) is 0. The Morgan fingerprint density at radius 3 is 2.50 bits per heavy atom. The fraction of sp³-hybridized carbons (Fsp3) is 0. The molecular weight excluding hydrogens is 256 g/mol. The molecule has 3 N–H and O–H groups in total. The Bertz CT molecular complexity index is 587. The number of non-ortho nitro benzene ring substituents is 1. The SMILES string of the molecule is Cl.Nc1ccc(-c2cccc([N+](=O)[O-])c2)c(O)c1. The van der Waals surface area contributed by atoms with E-state index in [1.54, 1.807) is 24.3 Å². The lowest BCUT2D eigenvalue weighted by atomic mass is 10.0. The van der Waals surface area contributed by atoms with Crippen molar-refractivity contribution < 1.29 is 10.0 Å². The van der Waals surface area contributed by atoms with Gasteiger partial charge in [-0.3, -0.25) is 10.1 Å². The third-order valence-electron chi connectivity index (χ3n) is 2.39. The molecule has 0 amide bonds. The number of phenolic OH excluding ortho intramolecular Hbond substituents is 1. The molecule has 0 saturated carbocycles. The summed E-state index contributed by atoms with van der Waals surface area (Å²) in [5, 5.41) is 20.4. The third-order valence-corrected chi connectivity index (χ3v) is 2.39. The first-order valence-electron chi connectivity index (χ1n) is 4.91. The number of nitro groups is 1. The number of phenols is 1. The van der Waals surface area contributed by atoms with Gasteiger partial charge in [0, 0.05) is 29.4 Å². The number of nitro benzene ring substituents is 1. The number of hydrogen-bond acceptors (Lipinski definition) is 4. The van der Waals surface area contributed by atoms with E-state index in [2.05, 4.69) is 0 Å². The highest BCUT2D eigenvalue weighted by Crippen LogP contribution is 2.32. The lowest BCUT2D eigenvalue weighted by Crippen LogP contribution is -1.89. The predicted molar refractivity (Wildman–Crippen MR) is 71.9 cm³/mol. The Hall–Kier alpha value is -2.27. The van der Waals surface area contributed by atoms with Crippen LogP contribution < -0.4 is 5.73 Å². The van der Waals surface area contributed by atoms with Crippen LogP contribution in [0.5, 0.6) is 5.75 Å². The van der Waals surface area contributed by atoms with E-state index in [0.717, 1.165) is 0 Å². The number of benzene rings is 2. The maximum atomic E-state index is 10.6. The van der Waals surface area contributed by atoms with Crippen molar-refractivity contribution in [1.82, 2.24) is 0 Å². The van der Waals surface area contributed by atoms with Crippen LogP contribution in [0.1, 0.15) is 0 Å². The largest absolute Gasteiger partial charge is 0.507 e. The van der Waals surface area contributed by atoms with Crippen LogP contribution in [0.25, 0.3) is 11.1 Å². The van der Waals surface area contributed by atoms with E-state index >= 15 is 0 Å². The first-order valence-corrected chi connectivity index (χ1v) is 4.91. The molecule has 0 aromatic heterocycles. The molecule has 0 unspecified atom stereocenters. The predicted octanol–water partition coefficient (Wildman–Crippen LogP) is 2.97. The summed E-state index contributed by atoms with van der Waals surface area (Å²) in [4.78, 5) is 10.2. The molecule has 0 fully saturated rings. The molecule has 18 heavy (non-hydrogen) atoms. The minimum Gasteiger partial charge on any atom is -0.507 e. The maximum absolute atomic E-state index is 10.6. The standard InChI is InChI=1S/C12H10N2O3.ClH/c13-9-4-5-11(12(15)7-9)8-2-1-3-10(6-8)14(16)17;/h1-7,15H,13H2;1H. The molecule has 2 rings (SSSR count). The summed E-state index contributed by atoms with van der Waals surface area (Å²) in [5.41, 5.74) is 7.04. The Morgan fingerprint density at radius 2 is 1.89 bits per heavy atom. The minimum absolute atomic E-state index is 0. The number of rotatable bonds is 2. The zero-order chi connectivity index (χ0) is 12.4. The van der Waals surface area contributed by atoms with Crippen molar-refractivity contribution in [3.8, 4) is 16.9 Å². The molecular formula is C12H11ClN2O3. The molecule has 0 bridgehead atoms. The molecule has 0 heterocycles. The topological polar surface area (TPSA) is 89.4 Å². The van der Waals surface area contributed by atoms with Crippen LogP contribution in [0.4, 0.5) is 11.4 Å². The number of hydrogen-bond donors (Lipinski definition) is 2. The van der Waals surface area contributed by atoms with Crippen molar-refractivity contribution >= 4 is 23.8 Å². The normalized spacial score (nSPS) is 9.56. The second-order valence-corrected chi connectivity index (χ2v) is 3.58. The van der Waals surface area contributed by atoms with Crippen molar-refractivity contribution in [2.75, 3.05) is 5.73 Å². The van der Waals surface area contributed by atoms with Crippen LogP contribution in [-0.4, -0.2) is 10.0 Å². The molecule has 0 saturated heterocycles. The zero-order valence-corrected chi connectivity index (χ0v) is 10.1. The zero-order valence-electron chi connectivity index (χ0n) is 9.24. The molecule has 2 aromatic carbocycles. The summed E-state index contributed by atoms with van der Waals surface area (Å²) in [5.74, 6) is 0.00509. The van der Waals surface area contributed by atoms with Gasteiger partial charge in [-0.1, -0.05) is 12.1 Å². The number of nitrogens with zero attached hydrogens (tertiary/aromatic N) is 1. The fourth-order valence-corrected chi connectivity index (χ4v) is 1.58. The van der Waals surface area contributed by atoms with Crippen LogP contribution in [0.2, 0.25) is 0 Å². The highest BCUT2D eigenvalue weighted by atomic mass is 35.5. The van der Waals surface area contributed by atoms with E-state index in [0.29, 0.717) is 16.8 Å². The second-order valence-electron chi connectivity index (χ2n) is 3.58. The van der Waals surface area contributed by atoms with Crippen LogP contribution in [0.15, 0.2) is 42.5 Å². The van der Waals surface area contributed by atoms with E-state index in [1.807, 2.05) is 0 Å². The second kappa shape index (κ2) is 5.37. The molecule has 0 aliphatic carbocycles. The van der Waals surface area contributed by atoms with Gasteiger partial charge in [0.15, 0.2) is 0 Å². The molecule has 0 radical (unpaired) electrons. The van der Waals surface area contributed by atoms with E-state index in [9.17, 15) is 15.2 Å². The Labute approximate surface area is 109 Å². The van der Waals surface area contributed by atoms with Gasteiger partial charge in [-0.2, -0.15) is 0 Å². The average molecular weight is 267 g/mol. The van der Waals surface area contributed by atoms with Gasteiger partial charge in [-0.05, 0) is 17.7 Å². The Morgan fingerprint density at radius 1 is 1.17 bits per heavy atom. The summed E-state index contributed by atoms with van der Waals surface area (Å²) in [7, 11) is 0. The van der Waals surface area contributed by atoms with Gasteiger partial charge in [0.2, 0.25) is 0 Å². The maximum Gasteiger partial charge on any atom is 0.270 e. The minimum atomic E-state index is -0.474. The molecule has 0 atom stereocenters. The van der Waals surface area contributed by atoms with E-state index in [4.69, 9.17) is 5.73 Å². The van der Waals surface area contributed by atoms with Gasteiger partial charge in [-0.25, -0.2) is 0 Å². The van der Waals surface area contributed by atoms with Crippen molar-refractivity contribution in [1.29, 1.82) is 0 Å². The van der Waals surface area contributed by atoms with Crippen molar-refractivity contribution in [3.63, 3.8) is 0 Å². The number of aromatic hydroxyl groups is 1. The molecule has 0 spiro atoms. The first kappa shape index (κ1) is 13.8. The van der Waals surface area contributed by atoms with Crippen LogP contribution in [-0.2, 0) is 0 Å². The van der Waals surface area contributed by atoms with Crippen molar-refractivity contribution in [2.45, 2.75) is 0 Å². The van der Waals surface area contributed by atoms with Gasteiger partial charge in [-0.15, -0.1) is 12.4 Å². The molecule has 6 heteroatoms. The lowest BCUT2D eigenvalue weighted by molar-refractivity contribution is -0.384. The van der Waals surface area contributed by atoms with Crippen LogP contribution in [0.3, 0.4) is 0 Å². The van der Waals surface area contributed by atoms with Crippen LogP contribution in [0, 0.1) is 10.1 Å². The van der Waals surface area contributed by atoms with Gasteiger partial charge >= 0.3 is 0 Å². The van der Waals surface area contributed by atoms with E-state index in [-0.39, 0.29) is 23.8 Å². The molecule has 2 aromatic rings. The monoisotopic (exact) mass is 266 g/mol. The number of halogens is 1.